The lowest BCUT2D eigenvalue weighted by molar-refractivity contribution is 0.139. The molecule has 2 rings (SSSR count). The Morgan fingerprint density at radius 1 is 1.62 bits per heavy atom. The first-order valence-corrected chi connectivity index (χ1v) is 4.62. The number of rotatable bonds is 2. The third-order valence-electron chi connectivity index (χ3n) is 2.47. The number of likely N-dealkylation sites (tertiary alicyclic amines) is 1. The molecule has 0 amide bonds. The number of hydrogen-bond donors (Lipinski definition) is 1. The summed E-state index contributed by atoms with van der Waals surface area (Å²) in [6.07, 6.45) is 0. The summed E-state index contributed by atoms with van der Waals surface area (Å²) in [7, 11) is 1.99. The van der Waals surface area contributed by atoms with E-state index in [1.807, 2.05) is 18.7 Å². The van der Waals surface area contributed by atoms with Crippen molar-refractivity contribution in [3.05, 3.63) is 17.5 Å². The van der Waals surface area contributed by atoms with Crippen molar-refractivity contribution in [2.75, 3.05) is 13.1 Å². The Hall–Kier alpha value is -0.870. The zero-order chi connectivity index (χ0) is 9.42. The molecule has 4 nitrogen and oxygen atoms in total. The van der Waals surface area contributed by atoms with Crippen LogP contribution >= 0.6 is 0 Å². The topological polar surface area (TPSA) is 47.1 Å². The van der Waals surface area contributed by atoms with E-state index in [0.717, 1.165) is 25.3 Å². The maximum atomic E-state index is 5.70. The first kappa shape index (κ1) is 8.72. The molecule has 13 heavy (non-hydrogen) atoms. The number of aromatic nitrogens is 2. The third kappa shape index (κ3) is 1.73. The molecule has 0 atom stereocenters. The van der Waals surface area contributed by atoms with Crippen LogP contribution in [0.4, 0.5) is 0 Å². The van der Waals surface area contributed by atoms with E-state index < -0.39 is 0 Å². The highest BCUT2D eigenvalue weighted by Crippen LogP contribution is 2.11. The molecule has 1 aromatic rings. The fourth-order valence-electron chi connectivity index (χ4n) is 1.78. The van der Waals surface area contributed by atoms with Gasteiger partial charge in [0.1, 0.15) is 0 Å². The molecule has 0 spiro atoms. The Balaban J connectivity index is 1.98. The largest absolute Gasteiger partial charge is 0.325 e. The molecule has 0 radical (unpaired) electrons. The van der Waals surface area contributed by atoms with Gasteiger partial charge in [0, 0.05) is 32.7 Å². The van der Waals surface area contributed by atoms with Crippen molar-refractivity contribution in [3.8, 4) is 0 Å². The van der Waals surface area contributed by atoms with E-state index in [9.17, 15) is 0 Å². The second-order valence-electron chi connectivity index (χ2n) is 3.85. The number of nitrogens with two attached hydrogens (primary N) is 1. The van der Waals surface area contributed by atoms with Gasteiger partial charge >= 0.3 is 0 Å². The van der Waals surface area contributed by atoms with Crippen LogP contribution in [0.3, 0.4) is 0 Å². The lowest BCUT2D eigenvalue weighted by Gasteiger charge is -2.36. The summed E-state index contributed by atoms with van der Waals surface area (Å²) in [5.74, 6) is 0. The highest BCUT2D eigenvalue weighted by molar-refractivity contribution is 5.09. The van der Waals surface area contributed by atoms with E-state index in [1.54, 1.807) is 0 Å². The molecule has 1 fully saturated rings. The van der Waals surface area contributed by atoms with E-state index in [4.69, 9.17) is 5.73 Å². The fourth-order valence-corrected chi connectivity index (χ4v) is 1.78. The van der Waals surface area contributed by atoms with Gasteiger partial charge in [0.2, 0.25) is 0 Å². The minimum absolute atomic E-state index is 0.384. The molecule has 2 N–H and O–H groups in total. The first-order chi connectivity index (χ1) is 6.15. The Morgan fingerprint density at radius 2 is 2.31 bits per heavy atom. The molecule has 0 saturated carbocycles. The van der Waals surface area contributed by atoms with Gasteiger partial charge < -0.3 is 5.73 Å². The molecule has 0 aromatic carbocycles. The van der Waals surface area contributed by atoms with Gasteiger partial charge in [-0.3, -0.25) is 9.58 Å². The van der Waals surface area contributed by atoms with Crippen molar-refractivity contribution in [3.63, 3.8) is 0 Å². The van der Waals surface area contributed by atoms with Gasteiger partial charge in [0.05, 0.1) is 11.4 Å². The predicted octanol–water partition coefficient (Wildman–Crippen LogP) is -0.129. The summed E-state index contributed by atoms with van der Waals surface area (Å²) < 4.78 is 1.94. The Kier molecular flexibility index (Phi) is 2.09. The van der Waals surface area contributed by atoms with Crippen molar-refractivity contribution in [2.45, 2.75) is 19.5 Å². The van der Waals surface area contributed by atoms with Crippen LogP contribution in [0, 0.1) is 6.92 Å². The first-order valence-electron chi connectivity index (χ1n) is 4.62. The third-order valence-corrected chi connectivity index (χ3v) is 2.47. The van der Waals surface area contributed by atoms with E-state index in [0.29, 0.717) is 6.04 Å². The van der Waals surface area contributed by atoms with Gasteiger partial charge in [-0.15, -0.1) is 0 Å². The lowest BCUT2D eigenvalue weighted by Crippen LogP contribution is -2.55. The predicted molar refractivity (Wildman–Crippen MR) is 51.2 cm³/mol. The normalized spacial score (nSPS) is 19.0. The molecule has 0 aliphatic carbocycles. The molecule has 72 valence electrons. The highest BCUT2D eigenvalue weighted by atomic mass is 15.3. The molecule has 0 unspecified atom stereocenters. The molecule has 1 aromatic heterocycles. The Labute approximate surface area is 78.3 Å². The Morgan fingerprint density at radius 3 is 2.77 bits per heavy atom. The van der Waals surface area contributed by atoms with E-state index >= 15 is 0 Å². The van der Waals surface area contributed by atoms with Crippen LogP contribution < -0.4 is 5.73 Å². The molecule has 1 saturated heterocycles. The highest BCUT2D eigenvalue weighted by Gasteiger charge is 2.23. The summed E-state index contributed by atoms with van der Waals surface area (Å²) in [6, 6.07) is 2.51. The van der Waals surface area contributed by atoms with Crippen LogP contribution in [-0.2, 0) is 13.6 Å². The van der Waals surface area contributed by atoms with E-state index in [2.05, 4.69) is 16.1 Å². The van der Waals surface area contributed by atoms with Crippen LogP contribution in [-0.4, -0.2) is 33.8 Å². The lowest BCUT2D eigenvalue weighted by atomic mass is 10.1. The van der Waals surface area contributed by atoms with Crippen molar-refractivity contribution < 1.29 is 0 Å². The summed E-state index contributed by atoms with van der Waals surface area (Å²) in [6.45, 7) is 5.03. The maximum Gasteiger partial charge on any atom is 0.0597 e. The van der Waals surface area contributed by atoms with Gasteiger partial charge in [-0.2, -0.15) is 5.10 Å². The summed E-state index contributed by atoms with van der Waals surface area (Å²) in [5, 5.41) is 4.30. The summed E-state index contributed by atoms with van der Waals surface area (Å²) >= 11 is 0. The fraction of sp³-hybridized carbons (Fsp3) is 0.667. The molecular formula is C9H16N4. The van der Waals surface area contributed by atoms with Crippen LogP contribution in [0.1, 0.15) is 11.4 Å². The van der Waals surface area contributed by atoms with Gasteiger partial charge in [-0.25, -0.2) is 0 Å². The van der Waals surface area contributed by atoms with Gasteiger partial charge in [0.15, 0.2) is 0 Å². The minimum atomic E-state index is 0.384. The van der Waals surface area contributed by atoms with Crippen molar-refractivity contribution in [1.29, 1.82) is 0 Å². The molecule has 4 heteroatoms. The molecular weight excluding hydrogens is 164 g/mol. The zero-order valence-electron chi connectivity index (χ0n) is 8.20. The smallest absolute Gasteiger partial charge is 0.0597 e. The van der Waals surface area contributed by atoms with Crippen LogP contribution in [0.25, 0.3) is 0 Å². The quantitative estimate of drug-likeness (QED) is 0.689. The average molecular weight is 180 g/mol. The van der Waals surface area contributed by atoms with Gasteiger partial charge in [-0.1, -0.05) is 0 Å². The number of nitrogens with zero attached hydrogens (tertiary/aromatic N) is 3. The molecule has 0 bridgehead atoms. The standard InChI is InChI=1S/C9H16N4/c1-7-3-9(12(2)11-7)6-13-4-8(10)5-13/h3,8H,4-6,10H2,1-2H3. The molecule has 1 aliphatic rings. The SMILES string of the molecule is Cc1cc(CN2CC(N)C2)n(C)n1. The van der Waals surface area contributed by atoms with Gasteiger partial charge in [0.25, 0.3) is 0 Å². The second-order valence-corrected chi connectivity index (χ2v) is 3.85. The van der Waals surface area contributed by atoms with E-state index in [-0.39, 0.29) is 0 Å². The van der Waals surface area contributed by atoms with Crippen LogP contribution in [0.2, 0.25) is 0 Å². The summed E-state index contributed by atoms with van der Waals surface area (Å²) in [4.78, 5) is 2.33. The zero-order valence-corrected chi connectivity index (χ0v) is 8.20. The van der Waals surface area contributed by atoms with Crippen molar-refractivity contribution >= 4 is 0 Å². The molecule has 2 heterocycles. The van der Waals surface area contributed by atoms with Crippen LogP contribution in [0.5, 0.6) is 0 Å². The van der Waals surface area contributed by atoms with Crippen molar-refractivity contribution in [1.82, 2.24) is 14.7 Å². The average Bonchev–Trinajstić information content (AvgIpc) is 2.27. The monoisotopic (exact) mass is 180 g/mol. The Bertz CT molecular complexity index is 299. The number of aryl methyl sites for hydroxylation is 2. The summed E-state index contributed by atoms with van der Waals surface area (Å²) in [5.41, 5.74) is 8.06. The second kappa shape index (κ2) is 3.12. The number of hydrogen-bond acceptors (Lipinski definition) is 3. The molecule has 1 aliphatic heterocycles. The minimum Gasteiger partial charge on any atom is -0.325 e. The maximum absolute atomic E-state index is 5.70. The van der Waals surface area contributed by atoms with Crippen molar-refractivity contribution in [2.24, 2.45) is 12.8 Å². The van der Waals surface area contributed by atoms with Crippen LogP contribution in [0.15, 0.2) is 6.07 Å². The van der Waals surface area contributed by atoms with E-state index in [1.165, 1.54) is 5.69 Å². The van der Waals surface area contributed by atoms with Gasteiger partial charge in [-0.05, 0) is 13.0 Å².